The monoisotopic (exact) mass is 470 g/mol. The molecule has 186 valence electrons. The average Bonchev–Trinajstić information content (AvgIpc) is 3.23. The van der Waals surface area contributed by atoms with Gasteiger partial charge >= 0.3 is 5.97 Å². The van der Waals surface area contributed by atoms with E-state index in [4.69, 9.17) is 9.72 Å². The molecule has 0 bridgehead atoms. The number of nitrogens with zero attached hydrogens (tertiary/aromatic N) is 2. The summed E-state index contributed by atoms with van der Waals surface area (Å²) < 4.78 is 4.93. The number of aromatic hydroxyl groups is 1. The number of fused-ring (bicyclic) bond motifs is 2. The molecule has 34 heavy (non-hydrogen) atoms. The van der Waals surface area contributed by atoms with Crippen LogP contribution in [0.25, 0.3) is 16.6 Å². The largest absolute Gasteiger partial charge is 0.508 e. The van der Waals surface area contributed by atoms with E-state index in [-0.39, 0.29) is 12.4 Å². The van der Waals surface area contributed by atoms with E-state index in [1.165, 1.54) is 4.90 Å². The highest BCUT2D eigenvalue weighted by Gasteiger charge is 2.32. The Morgan fingerprint density at radius 2 is 1.82 bits per heavy atom. The number of aromatic nitrogens is 1. The Morgan fingerprint density at radius 1 is 1.18 bits per heavy atom. The van der Waals surface area contributed by atoms with Gasteiger partial charge in [0.05, 0.1) is 23.5 Å². The summed E-state index contributed by atoms with van der Waals surface area (Å²) in [6.45, 7) is 16.2. The molecule has 0 fully saturated rings. The van der Waals surface area contributed by atoms with Gasteiger partial charge in [-0.15, -0.1) is 0 Å². The predicted molar refractivity (Wildman–Crippen MR) is 136 cm³/mol. The van der Waals surface area contributed by atoms with Gasteiger partial charge in [0.25, 0.3) is 0 Å². The molecule has 1 aromatic carbocycles. The number of aryl methyl sites for hydroxylation is 1. The highest BCUT2D eigenvalue weighted by molar-refractivity contribution is 5.91. The minimum Gasteiger partial charge on any atom is -0.508 e. The number of hydrogen-bond acceptors (Lipinski definition) is 6. The van der Waals surface area contributed by atoms with E-state index in [1.54, 1.807) is 31.2 Å². The van der Waals surface area contributed by atoms with Crippen molar-refractivity contribution in [3.8, 4) is 5.75 Å². The van der Waals surface area contributed by atoms with Gasteiger partial charge in [-0.1, -0.05) is 48.5 Å². The molecule has 1 unspecified atom stereocenters. The van der Waals surface area contributed by atoms with Crippen molar-refractivity contribution < 1.29 is 24.5 Å². The van der Waals surface area contributed by atoms with E-state index in [1.807, 2.05) is 48.5 Å². The van der Waals surface area contributed by atoms with Crippen LogP contribution in [-0.4, -0.2) is 45.2 Å². The van der Waals surface area contributed by atoms with Crippen molar-refractivity contribution in [2.45, 2.75) is 74.5 Å². The van der Waals surface area contributed by atoms with Crippen molar-refractivity contribution in [2.75, 3.05) is 6.61 Å². The lowest BCUT2D eigenvalue weighted by Gasteiger charge is -2.22. The van der Waals surface area contributed by atoms with Gasteiger partial charge in [-0.2, -0.15) is 0 Å². The van der Waals surface area contributed by atoms with Crippen molar-refractivity contribution in [3.63, 3.8) is 0 Å². The fraction of sp³-hybridized carbons (Fsp3) is 0.444. The SMILES string of the molecule is CC.CC.CC.CCc1c2c(nc3ccc(O)cc13)/C(=C/C1=C(C)COC(=O)C1O)N(C=O)C2. The first-order valence-electron chi connectivity index (χ1n) is 12.1. The number of cyclic esters (lactones) is 1. The van der Waals surface area contributed by atoms with Crippen molar-refractivity contribution in [1.29, 1.82) is 0 Å². The summed E-state index contributed by atoms with van der Waals surface area (Å²) in [7, 11) is 0. The van der Waals surface area contributed by atoms with Gasteiger partial charge in [0.2, 0.25) is 6.41 Å². The van der Waals surface area contributed by atoms with Crippen LogP contribution in [0.15, 0.2) is 35.4 Å². The Hall–Kier alpha value is -3.19. The van der Waals surface area contributed by atoms with E-state index >= 15 is 0 Å². The zero-order valence-corrected chi connectivity index (χ0v) is 21.6. The van der Waals surface area contributed by atoms with Gasteiger partial charge in [-0.3, -0.25) is 4.79 Å². The number of benzene rings is 1. The number of esters is 1. The van der Waals surface area contributed by atoms with Gasteiger partial charge < -0.3 is 19.8 Å². The minimum absolute atomic E-state index is 0.105. The number of hydrogen-bond donors (Lipinski definition) is 2. The van der Waals surface area contributed by atoms with Crippen LogP contribution in [0.5, 0.6) is 5.75 Å². The quantitative estimate of drug-likeness (QED) is 0.477. The molecule has 1 aromatic heterocycles. The van der Waals surface area contributed by atoms with Crippen LogP contribution >= 0.6 is 0 Å². The maximum Gasteiger partial charge on any atom is 0.339 e. The molecule has 3 heterocycles. The second-order valence-electron chi connectivity index (χ2n) is 6.98. The molecular formula is C27H38N2O5. The molecular weight excluding hydrogens is 432 g/mol. The Balaban J connectivity index is 0.000000894. The Bertz CT molecular complexity index is 1070. The number of carbonyl (C=O) groups is 2. The molecule has 0 saturated carbocycles. The van der Waals surface area contributed by atoms with Crippen LogP contribution in [0.2, 0.25) is 0 Å². The number of phenols is 1. The molecule has 0 saturated heterocycles. The number of ether oxygens (including phenoxy) is 1. The lowest BCUT2D eigenvalue weighted by Crippen LogP contribution is -2.31. The summed E-state index contributed by atoms with van der Waals surface area (Å²) >= 11 is 0. The van der Waals surface area contributed by atoms with Crippen LogP contribution in [-0.2, 0) is 27.3 Å². The molecule has 1 atom stereocenters. The number of amides is 1. The standard InChI is InChI=1S/C21H20N2O5.3C2H6/c1-3-13-15-6-12(25)4-5-17(15)22-19-16(13)8-23(10-24)18(19)7-14-11(2)9-28-21(27)20(14)26;3*1-2/h4-7,10,20,25-26H,3,8-9H2,1-2H3;3*1-2H3/b18-7-;;;. The maximum absolute atomic E-state index is 11.8. The third-order valence-corrected chi connectivity index (χ3v) is 5.28. The van der Waals surface area contributed by atoms with Gasteiger partial charge in [0.15, 0.2) is 6.10 Å². The van der Waals surface area contributed by atoms with E-state index in [9.17, 15) is 19.8 Å². The van der Waals surface area contributed by atoms with Crippen molar-refractivity contribution >= 4 is 29.0 Å². The first-order chi connectivity index (χ1) is 16.4. The summed E-state index contributed by atoms with van der Waals surface area (Å²) in [6.07, 6.45) is 1.70. The normalized spacial score (nSPS) is 17.6. The number of carbonyl (C=O) groups excluding carboxylic acids is 2. The summed E-state index contributed by atoms with van der Waals surface area (Å²) in [5.41, 5.74) is 4.97. The van der Waals surface area contributed by atoms with E-state index < -0.39 is 12.1 Å². The first-order valence-corrected chi connectivity index (χ1v) is 12.1. The molecule has 2 N–H and O–H groups in total. The fourth-order valence-corrected chi connectivity index (χ4v) is 3.83. The third kappa shape index (κ3) is 5.65. The zero-order chi connectivity index (χ0) is 26.0. The number of aliphatic hydroxyl groups is 1. The highest BCUT2D eigenvalue weighted by atomic mass is 16.5. The Kier molecular flexibility index (Phi) is 11.5. The molecule has 2 aliphatic heterocycles. The molecule has 0 spiro atoms. The second kappa shape index (κ2) is 13.5. The lowest BCUT2D eigenvalue weighted by atomic mass is 9.97. The van der Waals surface area contributed by atoms with E-state index in [0.29, 0.717) is 35.4 Å². The summed E-state index contributed by atoms with van der Waals surface area (Å²) in [4.78, 5) is 29.8. The number of rotatable bonds is 3. The number of pyridine rings is 1. The molecule has 2 aromatic rings. The summed E-state index contributed by atoms with van der Waals surface area (Å²) in [6, 6.07) is 5.00. The van der Waals surface area contributed by atoms with Crippen LogP contribution in [0.1, 0.15) is 72.2 Å². The topological polar surface area (TPSA) is 100.0 Å². The van der Waals surface area contributed by atoms with E-state index in [0.717, 1.165) is 28.5 Å². The molecule has 0 aliphatic carbocycles. The minimum atomic E-state index is -1.39. The van der Waals surface area contributed by atoms with Gasteiger partial charge in [-0.25, -0.2) is 9.78 Å². The van der Waals surface area contributed by atoms with Gasteiger partial charge in [0, 0.05) is 10.9 Å². The molecule has 2 aliphatic rings. The third-order valence-electron chi connectivity index (χ3n) is 5.28. The van der Waals surface area contributed by atoms with Gasteiger partial charge in [-0.05, 0) is 54.3 Å². The Morgan fingerprint density at radius 3 is 2.41 bits per heavy atom. The van der Waals surface area contributed by atoms with Gasteiger partial charge in [0.1, 0.15) is 12.4 Å². The smallest absolute Gasteiger partial charge is 0.339 e. The molecule has 4 rings (SSSR count). The lowest BCUT2D eigenvalue weighted by molar-refractivity contribution is -0.151. The highest BCUT2D eigenvalue weighted by Crippen LogP contribution is 2.38. The fourth-order valence-electron chi connectivity index (χ4n) is 3.83. The molecule has 1 amide bonds. The van der Waals surface area contributed by atoms with Crippen LogP contribution in [0.4, 0.5) is 0 Å². The first kappa shape index (κ1) is 28.8. The van der Waals surface area contributed by atoms with E-state index in [2.05, 4.69) is 0 Å². The summed E-state index contributed by atoms with van der Waals surface area (Å²) in [5.74, 6) is -0.543. The predicted octanol–water partition coefficient (Wildman–Crippen LogP) is 5.13. The van der Waals surface area contributed by atoms with Crippen molar-refractivity contribution in [2.24, 2.45) is 0 Å². The van der Waals surface area contributed by atoms with Crippen LogP contribution in [0.3, 0.4) is 0 Å². The molecule has 7 heteroatoms. The maximum atomic E-state index is 11.8. The van der Waals surface area contributed by atoms with Crippen LogP contribution in [0, 0.1) is 0 Å². The average molecular weight is 471 g/mol. The molecule has 7 nitrogen and oxygen atoms in total. The molecule has 0 radical (unpaired) electrons. The number of phenolic OH excluding ortho intramolecular Hbond substituents is 1. The summed E-state index contributed by atoms with van der Waals surface area (Å²) in [5, 5.41) is 21.0. The van der Waals surface area contributed by atoms with Crippen LogP contribution < -0.4 is 0 Å². The second-order valence-corrected chi connectivity index (χ2v) is 6.98. The Labute approximate surface area is 202 Å². The number of aliphatic hydroxyl groups excluding tert-OH is 1. The zero-order valence-electron chi connectivity index (χ0n) is 21.6. The van der Waals surface area contributed by atoms with Crippen molar-refractivity contribution in [1.82, 2.24) is 9.88 Å². The van der Waals surface area contributed by atoms with Crippen molar-refractivity contribution in [3.05, 3.63) is 52.2 Å².